The highest BCUT2D eigenvalue weighted by Crippen LogP contribution is 2.29. The summed E-state index contributed by atoms with van der Waals surface area (Å²) in [6.07, 6.45) is 0. The number of nitrogens with zero attached hydrogens (tertiary/aromatic N) is 3. The van der Waals surface area contributed by atoms with E-state index >= 15 is 0 Å². The molecular weight excluding hydrogens is 400 g/mol. The van der Waals surface area contributed by atoms with E-state index in [4.69, 9.17) is 4.98 Å². The topological polar surface area (TPSA) is 50.7 Å². The van der Waals surface area contributed by atoms with Crippen LogP contribution < -0.4 is 5.32 Å². The molecule has 0 amide bonds. The molecule has 0 aliphatic heterocycles. The molecule has 0 saturated carbocycles. The van der Waals surface area contributed by atoms with Gasteiger partial charge in [-0.15, -0.1) is 21.5 Å². The second-order valence-electron chi connectivity index (χ2n) is 7.13. The van der Waals surface area contributed by atoms with Crippen LogP contribution in [-0.2, 0) is 6.54 Å². The molecule has 0 radical (unpaired) electrons. The van der Waals surface area contributed by atoms with Crippen LogP contribution in [0.1, 0.15) is 5.56 Å². The Labute approximate surface area is 185 Å². The van der Waals surface area contributed by atoms with Gasteiger partial charge in [-0.25, -0.2) is 4.98 Å². The fourth-order valence-electron chi connectivity index (χ4n) is 3.34. The van der Waals surface area contributed by atoms with E-state index < -0.39 is 0 Å². The predicted molar refractivity (Wildman–Crippen MR) is 128 cm³/mol. The van der Waals surface area contributed by atoms with Gasteiger partial charge < -0.3 is 5.32 Å². The van der Waals surface area contributed by atoms with Crippen LogP contribution in [0.5, 0.6) is 0 Å². The number of nitrogens with one attached hydrogen (secondary N) is 1. The molecule has 0 saturated heterocycles. The van der Waals surface area contributed by atoms with Crippen molar-refractivity contribution in [2.75, 3.05) is 5.32 Å². The van der Waals surface area contributed by atoms with Crippen LogP contribution in [0.15, 0.2) is 102 Å². The van der Waals surface area contributed by atoms with Crippen LogP contribution in [-0.4, -0.2) is 15.2 Å². The van der Waals surface area contributed by atoms with Gasteiger partial charge in [0.25, 0.3) is 0 Å². The lowest BCUT2D eigenvalue weighted by atomic mass is 10.1. The Morgan fingerprint density at radius 2 is 1.35 bits per heavy atom. The number of hydrogen-bond donors (Lipinski definition) is 1. The van der Waals surface area contributed by atoms with Gasteiger partial charge in [-0.05, 0) is 23.8 Å². The van der Waals surface area contributed by atoms with E-state index in [9.17, 15) is 0 Å². The van der Waals surface area contributed by atoms with Crippen molar-refractivity contribution in [2.45, 2.75) is 6.54 Å². The molecule has 2 heterocycles. The van der Waals surface area contributed by atoms with Crippen molar-refractivity contribution in [2.24, 2.45) is 0 Å². The lowest BCUT2D eigenvalue weighted by Crippen LogP contribution is -2.02. The first-order valence-electron chi connectivity index (χ1n) is 10.1. The molecule has 0 atom stereocenters. The van der Waals surface area contributed by atoms with Gasteiger partial charge in [0.15, 0.2) is 0 Å². The highest BCUT2D eigenvalue weighted by molar-refractivity contribution is 7.13. The molecule has 0 bridgehead atoms. The van der Waals surface area contributed by atoms with Crippen molar-refractivity contribution >= 4 is 17.2 Å². The molecule has 5 rings (SSSR count). The summed E-state index contributed by atoms with van der Waals surface area (Å²) < 4.78 is 0. The van der Waals surface area contributed by atoms with E-state index in [-0.39, 0.29) is 0 Å². The highest BCUT2D eigenvalue weighted by atomic mass is 32.1. The quantitative estimate of drug-likeness (QED) is 0.339. The molecule has 5 heteroatoms. The molecule has 31 heavy (non-hydrogen) atoms. The zero-order valence-electron chi connectivity index (χ0n) is 16.8. The Hall–Kier alpha value is -3.83. The second kappa shape index (κ2) is 8.90. The molecule has 2 aromatic heterocycles. The number of rotatable bonds is 6. The fourth-order valence-corrected chi connectivity index (χ4v) is 4.17. The van der Waals surface area contributed by atoms with E-state index in [2.05, 4.69) is 57.3 Å². The van der Waals surface area contributed by atoms with Gasteiger partial charge in [-0.1, -0.05) is 78.9 Å². The first-order valence-corrected chi connectivity index (χ1v) is 11.0. The standard InChI is InChI=1S/C26H20N4S/c1-3-9-20(10-4-1)23-14-15-25(30-29-23)27-17-19-8-7-13-22(16-19)26-28-24(18-31-26)21-11-5-2-6-12-21/h1-16,18H,17H2,(H,27,30). The van der Waals surface area contributed by atoms with Crippen molar-refractivity contribution in [3.05, 3.63) is 108 Å². The van der Waals surface area contributed by atoms with Gasteiger partial charge in [0, 0.05) is 28.6 Å². The van der Waals surface area contributed by atoms with Gasteiger partial charge in [0.05, 0.1) is 11.4 Å². The van der Waals surface area contributed by atoms with Crippen molar-refractivity contribution in [1.82, 2.24) is 15.2 Å². The van der Waals surface area contributed by atoms with Crippen LogP contribution in [0, 0.1) is 0 Å². The lowest BCUT2D eigenvalue weighted by Gasteiger charge is -2.07. The smallest absolute Gasteiger partial charge is 0.148 e. The van der Waals surface area contributed by atoms with Crippen molar-refractivity contribution in [3.8, 4) is 33.1 Å². The summed E-state index contributed by atoms with van der Waals surface area (Å²) in [6.45, 7) is 0.671. The Bertz CT molecular complexity index is 1270. The van der Waals surface area contributed by atoms with Crippen LogP contribution >= 0.6 is 11.3 Å². The number of hydrogen-bond acceptors (Lipinski definition) is 5. The molecule has 0 aliphatic rings. The van der Waals surface area contributed by atoms with E-state index in [1.165, 1.54) is 5.56 Å². The molecule has 0 unspecified atom stereocenters. The molecule has 1 N–H and O–H groups in total. The zero-order chi connectivity index (χ0) is 20.9. The Morgan fingerprint density at radius 3 is 2.06 bits per heavy atom. The van der Waals surface area contributed by atoms with Crippen LogP contribution in [0.2, 0.25) is 0 Å². The third kappa shape index (κ3) is 4.52. The summed E-state index contributed by atoms with van der Waals surface area (Å²) in [5, 5.41) is 15.1. The molecule has 0 aliphatic carbocycles. The van der Waals surface area contributed by atoms with Crippen molar-refractivity contribution in [3.63, 3.8) is 0 Å². The first-order chi connectivity index (χ1) is 15.3. The zero-order valence-corrected chi connectivity index (χ0v) is 17.6. The Morgan fingerprint density at radius 1 is 0.645 bits per heavy atom. The summed E-state index contributed by atoms with van der Waals surface area (Å²) in [4.78, 5) is 4.82. The molecule has 0 fully saturated rings. The van der Waals surface area contributed by atoms with Crippen LogP contribution in [0.25, 0.3) is 33.1 Å². The lowest BCUT2D eigenvalue weighted by molar-refractivity contribution is 1.01. The normalized spacial score (nSPS) is 10.7. The second-order valence-corrected chi connectivity index (χ2v) is 7.99. The fraction of sp³-hybridized carbons (Fsp3) is 0.0385. The van der Waals surface area contributed by atoms with E-state index in [1.54, 1.807) is 11.3 Å². The van der Waals surface area contributed by atoms with Gasteiger partial charge in [-0.3, -0.25) is 0 Å². The molecule has 5 aromatic rings. The van der Waals surface area contributed by atoms with E-state index in [0.717, 1.165) is 38.9 Å². The summed E-state index contributed by atoms with van der Waals surface area (Å²) in [5.74, 6) is 0.755. The predicted octanol–water partition coefficient (Wildman–Crippen LogP) is 6.55. The number of benzene rings is 3. The third-order valence-electron chi connectivity index (χ3n) is 4.96. The summed E-state index contributed by atoms with van der Waals surface area (Å²) in [5.41, 5.74) is 6.37. The van der Waals surface area contributed by atoms with Gasteiger partial charge in [-0.2, -0.15) is 0 Å². The highest BCUT2D eigenvalue weighted by Gasteiger charge is 2.07. The molecule has 0 spiro atoms. The minimum atomic E-state index is 0.671. The average Bonchev–Trinajstić information content (AvgIpc) is 3.35. The van der Waals surface area contributed by atoms with Gasteiger partial charge in [0.1, 0.15) is 10.8 Å². The van der Waals surface area contributed by atoms with E-state index in [0.29, 0.717) is 6.54 Å². The maximum absolute atomic E-state index is 4.82. The summed E-state index contributed by atoms with van der Waals surface area (Å²) in [7, 11) is 0. The number of thiazole rings is 1. The van der Waals surface area contributed by atoms with Gasteiger partial charge >= 0.3 is 0 Å². The monoisotopic (exact) mass is 420 g/mol. The largest absolute Gasteiger partial charge is 0.365 e. The van der Waals surface area contributed by atoms with Crippen LogP contribution in [0.3, 0.4) is 0 Å². The molecular formula is C26H20N4S. The van der Waals surface area contributed by atoms with Gasteiger partial charge in [0.2, 0.25) is 0 Å². The minimum absolute atomic E-state index is 0.671. The minimum Gasteiger partial charge on any atom is -0.365 e. The molecule has 4 nitrogen and oxygen atoms in total. The maximum atomic E-state index is 4.82. The van der Waals surface area contributed by atoms with Crippen molar-refractivity contribution < 1.29 is 0 Å². The van der Waals surface area contributed by atoms with Crippen LogP contribution in [0.4, 0.5) is 5.82 Å². The number of anilines is 1. The van der Waals surface area contributed by atoms with E-state index in [1.807, 2.05) is 60.7 Å². The van der Waals surface area contributed by atoms with Crippen molar-refractivity contribution in [1.29, 1.82) is 0 Å². The summed E-state index contributed by atoms with van der Waals surface area (Å²) in [6, 6.07) is 32.7. The number of aromatic nitrogens is 3. The Balaban J connectivity index is 1.27. The maximum Gasteiger partial charge on any atom is 0.148 e. The first kappa shape index (κ1) is 19.2. The molecule has 3 aromatic carbocycles. The molecule has 150 valence electrons. The third-order valence-corrected chi connectivity index (χ3v) is 5.85. The summed E-state index contributed by atoms with van der Waals surface area (Å²) >= 11 is 1.67. The average molecular weight is 421 g/mol. The SMILES string of the molecule is c1ccc(-c2ccc(NCc3cccc(-c4nc(-c5ccccc5)cs4)c3)nn2)cc1. The Kier molecular flexibility index (Phi) is 5.50.